The SMILES string of the molecule is O=C(O)Cn1ccnc(N2CCC(c3nccs3)C2)c1=O. The van der Waals surface area contributed by atoms with Gasteiger partial charge in [0.1, 0.15) is 6.54 Å². The molecule has 7 nitrogen and oxygen atoms in total. The Bertz CT molecular complexity index is 698. The predicted molar refractivity (Wildman–Crippen MR) is 77.8 cm³/mol. The summed E-state index contributed by atoms with van der Waals surface area (Å²) in [5, 5.41) is 11.8. The van der Waals surface area contributed by atoms with Crippen LogP contribution in [0, 0.1) is 0 Å². The topological polar surface area (TPSA) is 88.3 Å². The van der Waals surface area contributed by atoms with Gasteiger partial charge in [0.05, 0.1) is 5.01 Å². The van der Waals surface area contributed by atoms with Gasteiger partial charge < -0.3 is 10.0 Å². The Morgan fingerprint density at radius 1 is 1.43 bits per heavy atom. The molecule has 1 unspecified atom stereocenters. The molecule has 0 aliphatic carbocycles. The number of aliphatic carboxylic acids is 1. The van der Waals surface area contributed by atoms with Gasteiger partial charge in [0.2, 0.25) is 0 Å². The van der Waals surface area contributed by atoms with Gasteiger partial charge in [-0.25, -0.2) is 9.97 Å². The van der Waals surface area contributed by atoms with E-state index in [-0.39, 0.29) is 12.1 Å². The van der Waals surface area contributed by atoms with E-state index in [1.54, 1.807) is 17.5 Å². The van der Waals surface area contributed by atoms with Crippen LogP contribution in [-0.4, -0.2) is 38.7 Å². The lowest BCUT2D eigenvalue weighted by Crippen LogP contribution is -2.33. The van der Waals surface area contributed by atoms with Crippen molar-refractivity contribution in [3.63, 3.8) is 0 Å². The summed E-state index contributed by atoms with van der Waals surface area (Å²) in [6.45, 7) is 1.06. The third-order valence-corrected chi connectivity index (χ3v) is 4.43. The molecule has 1 N–H and O–H groups in total. The highest BCUT2D eigenvalue weighted by Crippen LogP contribution is 2.29. The van der Waals surface area contributed by atoms with Crippen LogP contribution in [0.25, 0.3) is 0 Å². The first-order valence-electron chi connectivity index (χ1n) is 6.56. The summed E-state index contributed by atoms with van der Waals surface area (Å²) >= 11 is 1.61. The van der Waals surface area contributed by atoms with Crippen molar-refractivity contribution in [2.45, 2.75) is 18.9 Å². The van der Waals surface area contributed by atoms with Gasteiger partial charge in [-0.3, -0.25) is 14.2 Å². The van der Waals surface area contributed by atoms with Crippen molar-refractivity contribution in [1.29, 1.82) is 0 Å². The summed E-state index contributed by atoms with van der Waals surface area (Å²) < 4.78 is 1.17. The molecule has 0 spiro atoms. The number of thiazole rings is 1. The van der Waals surface area contributed by atoms with Crippen LogP contribution in [0.15, 0.2) is 28.8 Å². The first-order valence-corrected chi connectivity index (χ1v) is 7.44. The van der Waals surface area contributed by atoms with Crippen LogP contribution in [0.5, 0.6) is 0 Å². The molecule has 110 valence electrons. The number of aromatic nitrogens is 3. The van der Waals surface area contributed by atoms with Crippen molar-refractivity contribution in [1.82, 2.24) is 14.5 Å². The average molecular weight is 306 g/mol. The van der Waals surface area contributed by atoms with Crippen LogP contribution in [-0.2, 0) is 11.3 Å². The van der Waals surface area contributed by atoms with Gasteiger partial charge in [-0.15, -0.1) is 11.3 Å². The second kappa shape index (κ2) is 5.65. The minimum Gasteiger partial charge on any atom is -0.480 e. The summed E-state index contributed by atoms with van der Waals surface area (Å²) in [7, 11) is 0. The third kappa shape index (κ3) is 2.80. The summed E-state index contributed by atoms with van der Waals surface area (Å²) in [5.41, 5.74) is -0.361. The van der Waals surface area contributed by atoms with Crippen LogP contribution >= 0.6 is 11.3 Å². The standard InChI is InChI=1S/C13H14N4O3S/c18-10(19)8-17-5-2-14-11(13(17)20)16-4-1-9(7-16)12-15-3-6-21-12/h2-3,5-6,9H,1,4,7-8H2,(H,18,19). The van der Waals surface area contributed by atoms with Crippen molar-refractivity contribution in [2.75, 3.05) is 18.0 Å². The van der Waals surface area contributed by atoms with E-state index in [2.05, 4.69) is 9.97 Å². The highest BCUT2D eigenvalue weighted by atomic mass is 32.1. The Hall–Kier alpha value is -2.22. The molecule has 3 rings (SSSR count). The van der Waals surface area contributed by atoms with E-state index in [1.165, 1.54) is 17.0 Å². The van der Waals surface area contributed by atoms with E-state index in [9.17, 15) is 9.59 Å². The van der Waals surface area contributed by atoms with Crippen molar-refractivity contribution in [3.8, 4) is 0 Å². The summed E-state index contributed by atoms with van der Waals surface area (Å²) in [4.78, 5) is 33.4. The molecule has 1 atom stereocenters. The first-order chi connectivity index (χ1) is 10.1. The molecule has 2 aromatic heterocycles. The largest absolute Gasteiger partial charge is 0.480 e. The number of carbonyl (C=O) groups is 1. The van der Waals surface area contributed by atoms with E-state index in [4.69, 9.17) is 5.11 Å². The molecule has 0 aromatic carbocycles. The molecule has 1 aliphatic rings. The van der Waals surface area contributed by atoms with Gasteiger partial charge in [0, 0.05) is 43.0 Å². The van der Waals surface area contributed by atoms with E-state index in [0.717, 1.165) is 18.0 Å². The van der Waals surface area contributed by atoms with Gasteiger partial charge in [0.25, 0.3) is 5.56 Å². The molecule has 0 bridgehead atoms. The maximum Gasteiger partial charge on any atom is 0.323 e. The van der Waals surface area contributed by atoms with Gasteiger partial charge in [-0.1, -0.05) is 0 Å². The quantitative estimate of drug-likeness (QED) is 0.898. The molecular formula is C13H14N4O3S. The summed E-state index contributed by atoms with van der Waals surface area (Å²) in [6, 6.07) is 0. The second-order valence-corrected chi connectivity index (χ2v) is 5.81. The average Bonchev–Trinajstić information content (AvgIpc) is 3.10. The number of carboxylic acid groups (broad SMARTS) is 1. The van der Waals surface area contributed by atoms with E-state index >= 15 is 0 Å². The third-order valence-electron chi connectivity index (χ3n) is 3.49. The second-order valence-electron chi connectivity index (χ2n) is 4.88. The monoisotopic (exact) mass is 306 g/mol. The number of hydrogen-bond donors (Lipinski definition) is 1. The van der Waals surface area contributed by atoms with E-state index in [0.29, 0.717) is 18.3 Å². The molecule has 0 saturated carbocycles. The fourth-order valence-corrected chi connectivity index (χ4v) is 3.28. The first kappa shape index (κ1) is 13.7. The maximum absolute atomic E-state index is 12.3. The number of rotatable bonds is 4. The van der Waals surface area contributed by atoms with Gasteiger partial charge >= 0.3 is 5.97 Å². The fourth-order valence-electron chi connectivity index (χ4n) is 2.51. The van der Waals surface area contributed by atoms with Crippen LogP contribution in [0.3, 0.4) is 0 Å². The Labute approximate surface area is 124 Å². The fraction of sp³-hybridized carbons (Fsp3) is 0.385. The molecule has 1 fully saturated rings. The number of anilines is 1. The Balaban J connectivity index is 1.82. The molecule has 3 heterocycles. The minimum atomic E-state index is -1.05. The lowest BCUT2D eigenvalue weighted by atomic mass is 10.1. The van der Waals surface area contributed by atoms with Crippen LogP contribution in [0.4, 0.5) is 5.82 Å². The number of hydrogen-bond acceptors (Lipinski definition) is 6. The Morgan fingerprint density at radius 3 is 3.00 bits per heavy atom. The Kier molecular flexibility index (Phi) is 3.70. The summed E-state index contributed by atoms with van der Waals surface area (Å²) in [6.07, 6.45) is 5.57. The zero-order valence-electron chi connectivity index (χ0n) is 11.2. The molecule has 21 heavy (non-hydrogen) atoms. The van der Waals surface area contributed by atoms with Crippen molar-refractivity contribution in [2.24, 2.45) is 0 Å². The smallest absolute Gasteiger partial charge is 0.323 e. The Morgan fingerprint density at radius 2 is 2.29 bits per heavy atom. The molecule has 1 saturated heterocycles. The molecule has 8 heteroatoms. The van der Waals surface area contributed by atoms with Crippen LogP contribution < -0.4 is 10.5 Å². The molecule has 0 radical (unpaired) electrons. The molecule has 0 amide bonds. The number of carboxylic acids is 1. The summed E-state index contributed by atoms with van der Waals surface area (Å²) in [5.74, 6) is -0.423. The van der Waals surface area contributed by atoms with Crippen LogP contribution in [0.1, 0.15) is 17.3 Å². The van der Waals surface area contributed by atoms with Crippen molar-refractivity contribution < 1.29 is 9.90 Å². The van der Waals surface area contributed by atoms with E-state index in [1.807, 2.05) is 10.3 Å². The molecular weight excluding hydrogens is 292 g/mol. The van der Waals surface area contributed by atoms with Crippen molar-refractivity contribution in [3.05, 3.63) is 39.3 Å². The number of nitrogens with zero attached hydrogens (tertiary/aromatic N) is 4. The lowest BCUT2D eigenvalue weighted by Gasteiger charge is -2.17. The van der Waals surface area contributed by atoms with Crippen LogP contribution in [0.2, 0.25) is 0 Å². The minimum absolute atomic E-state index is 0.305. The van der Waals surface area contributed by atoms with Gasteiger partial charge in [0.15, 0.2) is 5.82 Å². The normalized spacial score (nSPS) is 18.1. The molecule has 1 aliphatic heterocycles. The van der Waals surface area contributed by atoms with Crippen molar-refractivity contribution >= 4 is 23.1 Å². The highest BCUT2D eigenvalue weighted by molar-refractivity contribution is 7.09. The lowest BCUT2D eigenvalue weighted by molar-refractivity contribution is -0.137. The van der Waals surface area contributed by atoms with Gasteiger partial charge in [-0.2, -0.15) is 0 Å². The van der Waals surface area contributed by atoms with Gasteiger partial charge in [-0.05, 0) is 6.42 Å². The van der Waals surface area contributed by atoms with E-state index < -0.39 is 5.97 Å². The zero-order valence-corrected chi connectivity index (χ0v) is 12.0. The highest BCUT2D eigenvalue weighted by Gasteiger charge is 2.28. The maximum atomic E-state index is 12.3. The zero-order chi connectivity index (χ0) is 14.8. The predicted octanol–water partition coefficient (Wildman–Crippen LogP) is 0.778. The molecule has 2 aromatic rings.